The van der Waals surface area contributed by atoms with Crippen LogP contribution in [0.4, 0.5) is 4.39 Å². The fraction of sp³-hybridized carbons (Fsp3) is 0.375. The first-order valence-electron chi connectivity index (χ1n) is 7.28. The van der Waals surface area contributed by atoms with Crippen molar-refractivity contribution in [3.05, 3.63) is 53.1 Å². The molecule has 1 aromatic heterocycles. The zero-order valence-corrected chi connectivity index (χ0v) is 12.7. The molecule has 0 saturated heterocycles. The van der Waals surface area contributed by atoms with E-state index < -0.39 is 6.04 Å². The van der Waals surface area contributed by atoms with E-state index in [1.54, 1.807) is 18.3 Å². The second-order valence-electron chi connectivity index (χ2n) is 5.80. The zero-order chi connectivity index (χ0) is 15.7. The Hall–Kier alpha value is -2.21. The van der Waals surface area contributed by atoms with Crippen LogP contribution in [0.1, 0.15) is 22.9 Å². The maximum Gasteiger partial charge on any atom is 0.244 e. The number of H-pyrrole nitrogens is 1. The van der Waals surface area contributed by atoms with Crippen molar-refractivity contribution in [3.8, 4) is 0 Å². The van der Waals surface area contributed by atoms with E-state index in [0.717, 1.165) is 17.7 Å². The first-order valence-corrected chi connectivity index (χ1v) is 7.28. The van der Waals surface area contributed by atoms with Crippen molar-refractivity contribution >= 4 is 5.91 Å². The van der Waals surface area contributed by atoms with Gasteiger partial charge in [-0.1, -0.05) is 12.1 Å². The summed E-state index contributed by atoms with van der Waals surface area (Å²) in [6, 6.07) is 5.76. The maximum absolute atomic E-state index is 13.5. The number of amides is 1. The Labute approximate surface area is 128 Å². The summed E-state index contributed by atoms with van der Waals surface area (Å²) in [4.78, 5) is 16.5. The van der Waals surface area contributed by atoms with E-state index >= 15 is 0 Å². The number of hydrogen-bond acceptors (Lipinski definition) is 3. The van der Waals surface area contributed by atoms with Crippen LogP contribution in [-0.2, 0) is 17.8 Å². The lowest BCUT2D eigenvalue weighted by Gasteiger charge is -2.33. The number of rotatable bonds is 3. The monoisotopic (exact) mass is 302 g/mol. The molecule has 0 spiro atoms. The van der Waals surface area contributed by atoms with Crippen LogP contribution in [0.3, 0.4) is 0 Å². The number of hydrogen-bond donors (Lipinski definition) is 1. The number of aromatic nitrogens is 2. The van der Waals surface area contributed by atoms with Gasteiger partial charge in [0.05, 0.1) is 6.20 Å². The summed E-state index contributed by atoms with van der Waals surface area (Å²) in [5.74, 6) is -0.338. The first-order chi connectivity index (χ1) is 10.6. The van der Waals surface area contributed by atoms with Gasteiger partial charge in [-0.05, 0) is 31.8 Å². The highest BCUT2D eigenvalue weighted by atomic mass is 19.1. The fourth-order valence-corrected chi connectivity index (χ4v) is 2.92. The SMILES string of the molecule is CN(C)[C@H](C(=O)N1CCc2[nH]ncc2C1)c1cccc(F)c1. The van der Waals surface area contributed by atoms with Gasteiger partial charge in [0, 0.05) is 30.8 Å². The van der Waals surface area contributed by atoms with Crippen molar-refractivity contribution in [2.24, 2.45) is 0 Å². The van der Waals surface area contributed by atoms with Gasteiger partial charge in [0.15, 0.2) is 0 Å². The topological polar surface area (TPSA) is 52.2 Å². The van der Waals surface area contributed by atoms with E-state index in [-0.39, 0.29) is 11.7 Å². The maximum atomic E-state index is 13.5. The van der Waals surface area contributed by atoms with Crippen LogP contribution in [0.5, 0.6) is 0 Å². The molecule has 0 aliphatic carbocycles. The van der Waals surface area contributed by atoms with Crippen LogP contribution < -0.4 is 0 Å². The Balaban J connectivity index is 1.85. The normalized spacial score (nSPS) is 15.7. The third kappa shape index (κ3) is 2.74. The molecule has 1 aliphatic heterocycles. The number of carbonyl (C=O) groups excluding carboxylic acids is 1. The van der Waals surface area contributed by atoms with Crippen molar-refractivity contribution in [2.45, 2.75) is 19.0 Å². The Kier molecular flexibility index (Phi) is 3.94. The summed E-state index contributed by atoms with van der Waals surface area (Å²) in [6.45, 7) is 1.19. The van der Waals surface area contributed by atoms with Crippen molar-refractivity contribution in [2.75, 3.05) is 20.6 Å². The minimum Gasteiger partial charge on any atom is -0.336 e. The Morgan fingerprint density at radius 3 is 3.00 bits per heavy atom. The number of halogens is 1. The lowest BCUT2D eigenvalue weighted by Crippen LogP contribution is -2.42. The summed E-state index contributed by atoms with van der Waals surface area (Å²) in [7, 11) is 3.67. The van der Waals surface area contributed by atoms with Crippen molar-refractivity contribution in [3.63, 3.8) is 0 Å². The predicted octanol–water partition coefficient (Wildman–Crippen LogP) is 1.74. The predicted molar refractivity (Wildman–Crippen MR) is 80.5 cm³/mol. The highest BCUT2D eigenvalue weighted by molar-refractivity contribution is 5.83. The highest BCUT2D eigenvalue weighted by Crippen LogP contribution is 2.25. The summed E-state index contributed by atoms with van der Waals surface area (Å²) < 4.78 is 13.5. The van der Waals surface area contributed by atoms with E-state index in [0.29, 0.717) is 18.7 Å². The zero-order valence-electron chi connectivity index (χ0n) is 12.7. The minimum atomic E-state index is -0.482. The average Bonchev–Trinajstić information content (AvgIpc) is 2.94. The van der Waals surface area contributed by atoms with Crippen molar-refractivity contribution < 1.29 is 9.18 Å². The Morgan fingerprint density at radius 2 is 2.27 bits per heavy atom. The summed E-state index contributed by atoms with van der Waals surface area (Å²) in [6.07, 6.45) is 2.53. The summed E-state index contributed by atoms with van der Waals surface area (Å²) >= 11 is 0. The third-order valence-electron chi connectivity index (χ3n) is 4.03. The van der Waals surface area contributed by atoms with E-state index in [2.05, 4.69) is 10.2 Å². The second kappa shape index (κ2) is 5.88. The lowest BCUT2D eigenvalue weighted by atomic mass is 10.0. The molecule has 2 aromatic rings. The van der Waals surface area contributed by atoms with Gasteiger partial charge in [0.2, 0.25) is 5.91 Å². The van der Waals surface area contributed by atoms with Gasteiger partial charge in [0.1, 0.15) is 11.9 Å². The molecule has 6 heteroatoms. The highest BCUT2D eigenvalue weighted by Gasteiger charge is 2.30. The number of nitrogens with zero attached hydrogens (tertiary/aromatic N) is 3. The van der Waals surface area contributed by atoms with Gasteiger partial charge in [-0.2, -0.15) is 5.10 Å². The molecule has 0 saturated carbocycles. The van der Waals surface area contributed by atoms with E-state index in [4.69, 9.17) is 0 Å². The Bertz CT molecular complexity index is 682. The molecule has 1 aromatic carbocycles. The van der Waals surface area contributed by atoms with Crippen LogP contribution in [0, 0.1) is 5.82 Å². The molecule has 0 radical (unpaired) electrons. The van der Waals surface area contributed by atoms with Crippen LogP contribution in [-0.4, -0.2) is 46.5 Å². The molecule has 2 heterocycles. The van der Waals surface area contributed by atoms with Gasteiger partial charge in [-0.25, -0.2) is 4.39 Å². The van der Waals surface area contributed by atoms with Crippen molar-refractivity contribution in [1.29, 1.82) is 0 Å². The number of likely N-dealkylation sites (N-methyl/N-ethyl adjacent to an activating group) is 1. The Morgan fingerprint density at radius 1 is 1.45 bits per heavy atom. The van der Waals surface area contributed by atoms with Crippen LogP contribution in [0.15, 0.2) is 30.5 Å². The fourth-order valence-electron chi connectivity index (χ4n) is 2.92. The molecule has 5 nitrogen and oxygen atoms in total. The quantitative estimate of drug-likeness (QED) is 0.939. The molecule has 0 unspecified atom stereocenters. The van der Waals surface area contributed by atoms with Gasteiger partial charge in [-0.3, -0.25) is 14.8 Å². The average molecular weight is 302 g/mol. The van der Waals surface area contributed by atoms with E-state index in [9.17, 15) is 9.18 Å². The molecule has 1 amide bonds. The van der Waals surface area contributed by atoms with Crippen LogP contribution in [0.2, 0.25) is 0 Å². The molecule has 0 fully saturated rings. The number of aromatic amines is 1. The van der Waals surface area contributed by atoms with Gasteiger partial charge in [-0.15, -0.1) is 0 Å². The van der Waals surface area contributed by atoms with Crippen LogP contribution in [0.25, 0.3) is 0 Å². The van der Waals surface area contributed by atoms with E-state index in [1.165, 1.54) is 12.1 Å². The molecule has 0 bridgehead atoms. The number of fused-ring (bicyclic) bond motifs is 1. The third-order valence-corrected chi connectivity index (χ3v) is 4.03. The second-order valence-corrected chi connectivity index (χ2v) is 5.80. The molecule has 1 N–H and O–H groups in total. The molecule has 3 rings (SSSR count). The number of carbonyl (C=O) groups is 1. The summed E-state index contributed by atoms with van der Waals surface area (Å²) in [5, 5.41) is 6.98. The number of nitrogens with one attached hydrogen (secondary N) is 1. The van der Waals surface area contributed by atoms with E-state index in [1.807, 2.05) is 23.9 Å². The van der Waals surface area contributed by atoms with Crippen molar-refractivity contribution in [1.82, 2.24) is 20.0 Å². The molecular formula is C16H19FN4O. The van der Waals surface area contributed by atoms with Gasteiger partial charge >= 0.3 is 0 Å². The standard InChI is InChI=1S/C16H19FN4O/c1-20(2)15(11-4-3-5-13(17)8-11)16(22)21-7-6-14-12(10-21)9-18-19-14/h3-5,8-9,15H,6-7,10H2,1-2H3,(H,18,19)/t15-/m0/s1. The lowest BCUT2D eigenvalue weighted by molar-refractivity contribution is -0.137. The largest absolute Gasteiger partial charge is 0.336 e. The molecule has 116 valence electrons. The van der Waals surface area contributed by atoms with Gasteiger partial charge < -0.3 is 4.90 Å². The summed E-state index contributed by atoms with van der Waals surface area (Å²) in [5.41, 5.74) is 2.82. The van der Waals surface area contributed by atoms with Crippen LogP contribution >= 0.6 is 0 Å². The smallest absolute Gasteiger partial charge is 0.244 e. The number of benzene rings is 1. The molecule has 1 atom stereocenters. The molecular weight excluding hydrogens is 283 g/mol. The molecule has 22 heavy (non-hydrogen) atoms. The molecule has 1 aliphatic rings. The van der Waals surface area contributed by atoms with Gasteiger partial charge in [0.25, 0.3) is 0 Å². The first kappa shape index (κ1) is 14.7. The minimum absolute atomic E-state index is 0.0116.